The fourth-order valence-electron chi connectivity index (χ4n) is 4.27. The molecule has 0 unspecified atom stereocenters. The predicted molar refractivity (Wildman–Crippen MR) is 113 cm³/mol. The molecule has 1 aromatic carbocycles. The molecule has 0 bridgehead atoms. The van der Waals surface area contributed by atoms with Gasteiger partial charge in [0.05, 0.1) is 12.5 Å². The van der Waals surface area contributed by atoms with Gasteiger partial charge in [0.25, 0.3) is 5.56 Å². The number of aryl methyl sites for hydroxylation is 2. The second kappa shape index (κ2) is 8.89. The van der Waals surface area contributed by atoms with E-state index in [-0.39, 0.29) is 42.1 Å². The number of amides is 3. The Bertz CT molecular complexity index is 1030. The van der Waals surface area contributed by atoms with Gasteiger partial charge in [-0.2, -0.15) is 0 Å². The van der Waals surface area contributed by atoms with Crippen molar-refractivity contribution in [2.45, 2.75) is 51.9 Å². The van der Waals surface area contributed by atoms with E-state index >= 15 is 0 Å². The first-order valence-corrected chi connectivity index (χ1v) is 10.5. The number of fused-ring (bicyclic) bond motifs is 1. The molecule has 9 nitrogen and oxygen atoms in total. The number of ether oxygens (including phenoxy) is 1. The smallest absolute Gasteiger partial charge is 0.317 e. The number of aromatic amines is 1. The zero-order valence-electron chi connectivity index (χ0n) is 17.7. The number of nitrogens with zero attached hydrogens (tertiary/aromatic N) is 1. The third-order valence-corrected chi connectivity index (χ3v) is 5.86. The first-order valence-electron chi connectivity index (χ1n) is 10.5. The number of carbonyl (C=O) groups excluding carboxylic acids is 2. The van der Waals surface area contributed by atoms with Crippen LogP contribution in [0.3, 0.4) is 0 Å². The van der Waals surface area contributed by atoms with E-state index in [1.54, 1.807) is 13.8 Å². The lowest BCUT2D eigenvalue weighted by molar-refractivity contribution is -0.120. The van der Waals surface area contributed by atoms with Gasteiger partial charge in [-0.3, -0.25) is 9.59 Å². The third-order valence-electron chi connectivity index (χ3n) is 5.86. The molecule has 1 aromatic heterocycles. The normalized spacial score (nSPS) is 22.8. The highest BCUT2D eigenvalue weighted by Crippen LogP contribution is 2.34. The quantitative estimate of drug-likeness (QED) is 0.576. The van der Waals surface area contributed by atoms with E-state index in [0.29, 0.717) is 30.2 Å². The molecular formula is C22H27N5O4. The summed E-state index contributed by atoms with van der Waals surface area (Å²) in [6.07, 6.45) is 1.68. The fourth-order valence-corrected chi connectivity index (χ4v) is 4.27. The van der Waals surface area contributed by atoms with Crippen molar-refractivity contribution in [3.63, 3.8) is 0 Å². The van der Waals surface area contributed by atoms with Crippen molar-refractivity contribution in [3.8, 4) is 0 Å². The number of hydrogen-bond acceptors (Lipinski definition) is 5. The summed E-state index contributed by atoms with van der Waals surface area (Å²) in [7, 11) is 0. The Balaban J connectivity index is 1.37. The summed E-state index contributed by atoms with van der Waals surface area (Å²) in [5, 5.41) is 8.70. The molecule has 0 spiro atoms. The summed E-state index contributed by atoms with van der Waals surface area (Å²) in [4.78, 5) is 43.2. The molecule has 3 atom stereocenters. The number of urea groups is 1. The lowest BCUT2D eigenvalue weighted by atomic mass is 9.85. The number of hydrogen-bond donors (Lipinski definition) is 4. The minimum atomic E-state index is -0.279. The van der Waals surface area contributed by atoms with Gasteiger partial charge in [0.2, 0.25) is 5.91 Å². The lowest BCUT2D eigenvalue weighted by Crippen LogP contribution is -2.58. The van der Waals surface area contributed by atoms with Crippen LogP contribution in [0.2, 0.25) is 0 Å². The maximum absolute atomic E-state index is 12.3. The van der Waals surface area contributed by atoms with Gasteiger partial charge in [0.15, 0.2) is 0 Å². The van der Waals surface area contributed by atoms with Crippen molar-refractivity contribution in [3.05, 3.63) is 62.8 Å². The highest BCUT2D eigenvalue weighted by molar-refractivity contribution is 5.78. The number of nitrogens with one attached hydrogen (secondary N) is 4. The van der Waals surface area contributed by atoms with Crippen LogP contribution in [0.15, 0.2) is 29.1 Å². The van der Waals surface area contributed by atoms with Crippen LogP contribution >= 0.6 is 0 Å². The Morgan fingerprint density at radius 2 is 1.97 bits per heavy atom. The standard InChI is InChI=1S/C22H27N5O4/c1-12-17(20(29)25-13(2)24-12)10-18(28)23-11-14-5-7-15(8-6-14)19-16-4-3-9-31-21(16)27-22(30)26-19/h5-8,16,19,21H,3-4,9-11H2,1-2H3,(H,23,28)(H,24,25,29)(H2,26,27,30)/t16-,19-,21-/m0/s1. The van der Waals surface area contributed by atoms with Gasteiger partial charge in [-0.25, -0.2) is 9.78 Å². The Labute approximate surface area is 180 Å². The van der Waals surface area contributed by atoms with Gasteiger partial charge in [0.1, 0.15) is 12.1 Å². The molecule has 2 aliphatic heterocycles. The minimum Gasteiger partial charge on any atom is -0.358 e. The van der Waals surface area contributed by atoms with Crippen molar-refractivity contribution in [2.75, 3.05) is 6.61 Å². The zero-order valence-corrected chi connectivity index (χ0v) is 17.7. The molecular weight excluding hydrogens is 398 g/mol. The number of H-pyrrole nitrogens is 1. The Kier molecular flexibility index (Phi) is 6.03. The SMILES string of the molecule is Cc1nc(C)c(CC(=O)NCc2ccc([C@@H]3NC(=O)N[C@H]4OCCC[C@H]43)cc2)c(=O)[nH]1. The molecule has 4 N–H and O–H groups in total. The number of carbonyl (C=O) groups is 2. The monoisotopic (exact) mass is 425 g/mol. The van der Waals surface area contributed by atoms with E-state index < -0.39 is 0 Å². The largest absolute Gasteiger partial charge is 0.358 e. The van der Waals surface area contributed by atoms with Crippen LogP contribution in [-0.2, 0) is 22.5 Å². The van der Waals surface area contributed by atoms with Crippen LogP contribution in [0.5, 0.6) is 0 Å². The zero-order chi connectivity index (χ0) is 22.0. The molecule has 164 valence electrons. The van der Waals surface area contributed by atoms with Gasteiger partial charge < -0.3 is 25.7 Å². The summed E-state index contributed by atoms with van der Waals surface area (Å²) < 4.78 is 5.72. The highest BCUT2D eigenvalue weighted by Gasteiger charge is 2.39. The van der Waals surface area contributed by atoms with Crippen molar-refractivity contribution < 1.29 is 14.3 Å². The maximum atomic E-state index is 12.3. The molecule has 0 radical (unpaired) electrons. The molecule has 0 saturated carbocycles. The van der Waals surface area contributed by atoms with Crippen LogP contribution in [0.4, 0.5) is 4.79 Å². The Morgan fingerprint density at radius 3 is 2.71 bits per heavy atom. The fraction of sp³-hybridized carbons (Fsp3) is 0.455. The molecule has 31 heavy (non-hydrogen) atoms. The molecule has 3 amide bonds. The summed E-state index contributed by atoms with van der Waals surface area (Å²) >= 11 is 0. The predicted octanol–water partition coefficient (Wildman–Crippen LogP) is 1.35. The Hall–Kier alpha value is -3.20. The van der Waals surface area contributed by atoms with Gasteiger partial charge in [-0.15, -0.1) is 0 Å². The van der Waals surface area contributed by atoms with Crippen molar-refractivity contribution >= 4 is 11.9 Å². The number of rotatable bonds is 5. The lowest BCUT2D eigenvalue weighted by Gasteiger charge is -2.41. The molecule has 9 heteroatoms. The van der Waals surface area contributed by atoms with Gasteiger partial charge >= 0.3 is 6.03 Å². The van der Waals surface area contributed by atoms with E-state index in [2.05, 4.69) is 25.9 Å². The van der Waals surface area contributed by atoms with Crippen molar-refractivity contribution in [1.82, 2.24) is 25.9 Å². The molecule has 0 aliphatic carbocycles. The summed E-state index contributed by atoms with van der Waals surface area (Å²) in [5.41, 5.74) is 2.61. The highest BCUT2D eigenvalue weighted by atomic mass is 16.5. The molecule has 2 aliphatic rings. The van der Waals surface area contributed by atoms with Gasteiger partial charge in [0, 0.05) is 30.3 Å². The summed E-state index contributed by atoms with van der Waals surface area (Å²) in [6, 6.07) is 7.50. The minimum absolute atomic E-state index is 0.0172. The van der Waals surface area contributed by atoms with Crippen LogP contribution in [-0.4, -0.2) is 34.7 Å². The number of benzene rings is 1. The van der Waals surface area contributed by atoms with E-state index in [1.807, 2.05) is 24.3 Å². The van der Waals surface area contributed by atoms with Crippen LogP contribution < -0.4 is 21.5 Å². The van der Waals surface area contributed by atoms with Crippen molar-refractivity contribution in [1.29, 1.82) is 0 Å². The van der Waals surface area contributed by atoms with E-state index in [0.717, 1.165) is 24.0 Å². The van der Waals surface area contributed by atoms with Crippen LogP contribution in [0.1, 0.15) is 47.1 Å². The average Bonchev–Trinajstić information content (AvgIpc) is 2.74. The first kappa shape index (κ1) is 21.0. The third kappa shape index (κ3) is 4.77. The molecule has 3 heterocycles. The average molecular weight is 425 g/mol. The molecule has 2 aromatic rings. The number of aromatic nitrogens is 2. The second-order valence-corrected chi connectivity index (χ2v) is 8.10. The van der Waals surface area contributed by atoms with Crippen LogP contribution in [0.25, 0.3) is 0 Å². The van der Waals surface area contributed by atoms with Gasteiger partial charge in [-0.05, 0) is 37.8 Å². The topological polar surface area (TPSA) is 125 Å². The van der Waals surface area contributed by atoms with E-state index in [4.69, 9.17) is 4.74 Å². The summed E-state index contributed by atoms with van der Waals surface area (Å²) in [5.74, 6) is 0.473. The van der Waals surface area contributed by atoms with E-state index in [1.165, 1.54) is 0 Å². The van der Waals surface area contributed by atoms with Crippen molar-refractivity contribution in [2.24, 2.45) is 5.92 Å². The summed E-state index contributed by atoms with van der Waals surface area (Å²) in [6.45, 7) is 4.45. The molecule has 2 saturated heterocycles. The second-order valence-electron chi connectivity index (χ2n) is 8.10. The first-order chi connectivity index (χ1) is 14.9. The van der Waals surface area contributed by atoms with Crippen LogP contribution in [0, 0.1) is 19.8 Å². The maximum Gasteiger partial charge on any atom is 0.317 e. The van der Waals surface area contributed by atoms with Gasteiger partial charge in [-0.1, -0.05) is 24.3 Å². The molecule has 4 rings (SSSR count). The molecule has 2 fully saturated rings. The Morgan fingerprint density at radius 1 is 1.19 bits per heavy atom. The van der Waals surface area contributed by atoms with E-state index in [9.17, 15) is 14.4 Å².